The Hall–Kier alpha value is -3.85. The molecule has 1 aliphatic heterocycles. The Labute approximate surface area is 215 Å². The van der Waals surface area contributed by atoms with E-state index in [4.69, 9.17) is 20.1 Å². The Morgan fingerprint density at radius 2 is 1.86 bits per heavy atom. The maximum absolute atomic E-state index is 12.9. The van der Waals surface area contributed by atoms with Gasteiger partial charge in [0.05, 0.1) is 6.61 Å². The first-order chi connectivity index (χ1) is 17.5. The van der Waals surface area contributed by atoms with Crippen LogP contribution >= 0.6 is 15.9 Å². The molecular formula is C26H23BrN4O5. The first kappa shape index (κ1) is 25.2. The number of aliphatic hydroxyl groups excluding tert-OH is 1. The summed E-state index contributed by atoms with van der Waals surface area (Å²) >= 11 is 3.41. The number of rotatable bonds is 10. The van der Waals surface area contributed by atoms with Gasteiger partial charge in [-0.3, -0.25) is 0 Å². The van der Waals surface area contributed by atoms with Crippen LogP contribution in [0.3, 0.4) is 0 Å². The van der Waals surface area contributed by atoms with Crippen LogP contribution in [0.5, 0.6) is 5.75 Å². The van der Waals surface area contributed by atoms with E-state index in [1.165, 1.54) is 0 Å². The van der Waals surface area contributed by atoms with Gasteiger partial charge in [0, 0.05) is 40.1 Å². The summed E-state index contributed by atoms with van der Waals surface area (Å²) in [4.78, 5) is 20.4. The van der Waals surface area contributed by atoms with Gasteiger partial charge in [-0.15, -0.1) is 0 Å². The molecule has 0 amide bonds. The summed E-state index contributed by atoms with van der Waals surface area (Å²) in [5.41, 5.74) is 9.39. The number of aliphatic imine (C=N–C) groups is 1. The molecule has 10 heteroatoms. The van der Waals surface area contributed by atoms with Crippen molar-refractivity contribution >= 4 is 33.5 Å². The molecule has 3 aromatic rings. The second-order valence-electron chi connectivity index (χ2n) is 8.14. The van der Waals surface area contributed by atoms with Crippen LogP contribution in [0, 0.1) is 0 Å². The van der Waals surface area contributed by atoms with E-state index in [9.17, 15) is 9.90 Å². The predicted octanol–water partition coefficient (Wildman–Crippen LogP) is 5.74. The summed E-state index contributed by atoms with van der Waals surface area (Å²) in [7, 11) is 0. The van der Waals surface area contributed by atoms with Crippen LogP contribution in [0.15, 0.2) is 87.4 Å². The zero-order valence-electron chi connectivity index (χ0n) is 19.1. The van der Waals surface area contributed by atoms with Crippen LogP contribution in [0.1, 0.15) is 29.2 Å². The average molecular weight is 551 g/mol. The van der Waals surface area contributed by atoms with E-state index in [0.29, 0.717) is 41.2 Å². The zero-order chi connectivity index (χ0) is 25.5. The number of ether oxygens (including phenoxy) is 2. The second-order valence-corrected chi connectivity index (χ2v) is 9.06. The molecule has 0 aromatic heterocycles. The molecule has 184 valence electrons. The number of nitrogens with zero attached hydrogens (tertiary/aromatic N) is 4. The minimum atomic E-state index is -1.71. The maximum Gasteiger partial charge on any atom is 0.336 e. The minimum absolute atomic E-state index is 0.0419. The molecule has 1 aliphatic rings. The van der Waals surface area contributed by atoms with E-state index < -0.39 is 17.6 Å². The van der Waals surface area contributed by atoms with Crippen molar-refractivity contribution in [1.29, 1.82) is 0 Å². The molecular weight excluding hydrogens is 528 g/mol. The second kappa shape index (κ2) is 11.3. The van der Waals surface area contributed by atoms with Crippen molar-refractivity contribution in [2.75, 3.05) is 13.2 Å². The number of azide groups is 1. The van der Waals surface area contributed by atoms with E-state index in [1.807, 2.05) is 12.1 Å². The summed E-state index contributed by atoms with van der Waals surface area (Å²) in [6.45, 7) is 0.423. The fourth-order valence-electron chi connectivity index (χ4n) is 4.00. The standard InChI is InChI=1S/C26H23BrN4O5/c27-20-10-6-17(7-11-20)23-26(25(33)34,16-19-4-1-2-5-22(19)30-31-28)29-24(36-23)18-8-12-21(13-9-18)35-15-3-14-32/h1-2,4-13,23,32H,3,14-16H2,(H,33,34)/t23-,26-/m1/s1. The lowest BCUT2D eigenvalue weighted by Gasteiger charge is -2.28. The smallest absolute Gasteiger partial charge is 0.336 e. The van der Waals surface area contributed by atoms with Gasteiger partial charge in [0.15, 0.2) is 6.10 Å². The SMILES string of the molecule is [N-]=[N+]=Nc1ccccc1C[C@@]1(C(=O)O)N=C(c2ccc(OCCCO)cc2)O[C@@H]1c1ccc(Br)cc1. The third-order valence-electron chi connectivity index (χ3n) is 5.78. The molecule has 0 spiro atoms. The van der Waals surface area contributed by atoms with Gasteiger partial charge in [-0.2, -0.15) is 0 Å². The van der Waals surface area contributed by atoms with E-state index in [2.05, 4.69) is 30.9 Å². The van der Waals surface area contributed by atoms with Gasteiger partial charge < -0.3 is 19.7 Å². The van der Waals surface area contributed by atoms with Crippen molar-refractivity contribution < 1.29 is 24.5 Å². The lowest BCUT2D eigenvalue weighted by Crippen LogP contribution is -2.43. The van der Waals surface area contributed by atoms with Crippen LogP contribution in [0.4, 0.5) is 5.69 Å². The van der Waals surface area contributed by atoms with E-state index in [0.717, 1.165) is 4.47 Å². The van der Waals surface area contributed by atoms with E-state index >= 15 is 0 Å². The molecule has 0 fully saturated rings. The molecule has 3 aromatic carbocycles. The first-order valence-electron chi connectivity index (χ1n) is 11.2. The Morgan fingerprint density at radius 3 is 2.53 bits per heavy atom. The molecule has 2 N–H and O–H groups in total. The van der Waals surface area contributed by atoms with Crippen molar-refractivity contribution in [2.45, 2.75) is 24.5 Å². The summed E-state index contributed by atoms with van der Waals surface area (Å²) in [6.07, 6.45) is -0.465. The number of carbonyl (C=O) groups is 1. The third kappa shape index (κ3) is 5.36. The van der Waals surface area contributed by atoms with Crippen LogP contribution < -0.4 is 4.74 Å². The number of hydrogen-bond donors (Lipinski definition) is 2. The quantitative estimate of drug-likeness (QED) is 0.143. The molecule has 0 saturated carbocycles. The lowest BCUT2D eigenvalue weighted by molar-refractivity contribution is -0.146. The molecule has 0 aliphatic carbocycles. The van der Waals surface area contributed by atoms with Crippen LogP contribution in [0.2, 0.25) is 0 Å². The van der Waals surface area contributed by atoms with Crippen molar-refractivity contribution in [2.24, 2.45) is 10.1 Å². The van der Waals surface area contributed by atoms with Gasteiger partial charge in [-0.1, -0.05) is 57.4 Å². The molecule has 0 saturated heterocycles. The van der Waals surface area contributed by atoms with E-state index in [-0.39, 0.29) is 18.9 Å². The van der Waals surface area contributed by atoms with Crippen LogP contribution in [-0.4, -0.2) is 40.8 Å². The average Bonchev–Trinajstić information content (AvgIpc) is 3.27. The minimum Gasteiger partial charge on any atom is -0.494 e. The number of aliphatic hydroxyl groups is 1. The third-order valence-corrected chi connectivity index (χ3v) is 6.31. The first-order valence-corrected chi connectivity index (χ1v) is 12.0. The Kier molecular flexibility index (Phi) is 7.90. The van der Waals surface area contributed by atoms with Crippen molar-refractivity contribution in [3.8, 4) is 5.75 Å². The lowest BCUT2D eigenvalue weighted by atomic mass is 9.82. The Morgan fingerprint density at radius 1 is 1.14 bits per heavy atom. The van der Waals surface area contributed by atoms with Gasteiger partial charge in [-0.05, 0) is 53.1 Å². The fraction of sp³-hybridized carbons (Fsp3) is 0.231. The van der Waals surface area contributed by atoms with Crippen LogP contribution in [-0.2, 0) is 16.0 Å². The number of carboxylic acid groups (broad SMARTS) is 1. The van der Waals surface area contributed by atoms with Crippen LogP contribution in [0.25, 0.3) is 10.4 Å². The van der Waals surface area contributed by atoms with Gasteiger partial charge in [0.1, 0.15) is 5.75 Å². The predicted molar refractivity (Wildman–Crippen MR) is 137 cm³/mol. The highest BCUT2D eigenvalue weighted by molar-refractivity contribution is 9.10. The highest BCUT2D eigenvalue weighted by Crippen LogP contribution is 2.43. The maximum atomic E-state index is 12.9. The summed E-state index contributed by atoms with van der Waals surface area (Å²) < 4.78 is 12.7. The molecule has 0 unspecified atom stereocenters. The van der Waals surface area contributed by atoms with Crippen molar-refractivity contribution in [1.82, 2.24) is 0 Å². The molecule has 0 radical (unpaired) electrons. The Bertz CT molecular complexity index is 1310. The van der Waals surface area contributed by atoms with Gasteiger partial charge in [-0.25, -0.2) is 9.79 Å². The number of aliphatic carboxylic acids is 1. The summed E-state index contributed by atoms with van der Waals surface area (Å²) in [5, 5.41) is 23.2. The Balaban J connectivity index is 1.76. The van der Waals surface area contributed by atoms with Gasteiger partial charge in [0.2, 0.25) is 11.4 Å². The van der Waals surface area contributed by atoms with Crippen molar-refractivity contribution in [3.63, 3.8) is 0 Å². The molecule has 1 heterocycles. The zero-order valence-corrected chi connectivity index (χ0v) is 20.7. The molecule has 2 atom stereocenters. The molecule has 9 nitrogen and oxygen atoms in total. The number of benzene rings is 3. The summed E-state index contributed by atoms with van der Waals surface area (Å²) in [5.74, 6) is -0.360. The van der Waals surface area contributed by atoms with Gasteiger partial charge >= 0.3 is 5.97 Å². The topological polar surface area (TPSA) is 137 Å². The highest BCUT2D eigenvalue weighted by atomic mass is 79.9. The largest absolute Gasteiger partial charge is 0.494 e. The van der Waals surface area contributed by atoms with Crippen molar-refractivity contribution in [3.05, 3.63) is 104 Å². The number of carboxylic acids is 1. The summed E-state index contributed by atoms with van der Waals surface area (Å²) in [6, 6.07) is 21.0. The van der Waals surface area contributed by atoms with E-state index in [1.54, 1.807) is 60.7 Å². The molecule has 0 bridgehead atoms. The van der Waals surface area contributed by atoms with Gasteiger partial charge in [0.25, 0.3) is 0 Å². The number of hydrogen-bond acceptors (Lipinski definition) is 6. The highest BCUT2D eigenvalue weighted by Gasteiger charge is 2.54. The molecule has 4 rings (SSSR count). The normalized spacial score (nSPS) is 18.6. The monoisotopic (exact) mass is 550 g/mol. The fourth-order valence-corrected chi connectivity index (χ4v) is 4.27. The number of halogens is 1. The molecule has 36 heavy (non-hydrogen) atoms.